The van der Waals surface area contributed by atoms with Crippen molar-refractivity contribution in [2.45, 2.75) is 44.4 Å². The Kier molecular flexibility index (Phi) is 7.02. The topological polar surface area (TPSA) is 46.6 Å². The zero-order chi connectivity index (χ0) is 15.0. The van der Waals surface area contributed by atoms with E-state index in [1.165, 1.54) is 0 Å². The first-order valence-electron chi connectivity index (χ1n) is 7.20. The van der Waals surface area contributed by atoms with E-state index >= 15 is 0 Å². The maximum absolute atomic E-state index is 12.6. The fourth-order valence-corrected chi connectivity index (χ4v) is 3.43. The molecule has 0 unspecified atom stereocenters. The Labute approximate surface area is 122 Å². The summed E-state index contributed by atoms with van der Waals surface area (Å²) in [6.07, 6.45) is 3.75. The van der Waals surface area contributed by atoms with E-state index in [1.807, 2.05) is 0 Å². The number of benzene rings is 1. The number of unbranched alkanes of at least 4 members (excludes halogenated alkanes) is 2. The van der Waals surface area contributed by atoms with Crippen molar-refractivity contribution >= 4 is 10.0 Å². The number of sulfonamides is 1. The van der Waals surface area contributed by atoms with Crippen LogP contribution in [0.25, 0.3) is 0 Å². The summed E-state index contributed by atoms with van der Waals surface area (Å²) in [5.74, 6) is 0.664. The largest absolute Gasteiger partial charge is 0.497 e. The van der Waals surface area contributed by atoms with Crippen LogP contribution in [0.1, 0.15) is 39.5 Å². The van der Waals surface area contributed by atoms with E-state index < -0.39 is 10.0 Å². The molecule has 0 aliphatic carbocycles. The number of hydrogen-bond acceptors (Lipinski definition) is 3. The zero-order valence-electron chi connectivity index (χ0n) is 12.6. The molecule has 1 aromatic carbocycles. The lowest BCUT2D eigenvalue weighted by Crippen LogP contribution is -2.33. The van der Waals surface area contributed by atoms with E-state index in [-0.39, 0.29) is 0 Å². The van der Waals surface area contributed by atoms with Gasteiger partial charge in [-0.2, -0.15) is 4.31 Å². The molecule has 0 fully saturated rings. The summed E-state index contributed by atoms with van der Waals surface area (Å²) in [6.45, 7) is 5.31. The molecule has 4 nitrogen and oxygen atoms in total. The van der Waals surface area contributed by atoms with Crippen molar-refractivity contribution in [1.29, 1.82) is 0 Å². The van der Waals surface area contributed by atoms with Gasteiger partial charge in [-0.3, -0.25) is 0 Å². The Hall–Kier alpha value is -1.07. The average Bonchev–Trinajstić information content (AvgIpc) is 2.47. The lowest BCUT2D eigenvalue weighted by Gasteiger charge is -2.22. The molecule has 5 heteroatoms. The molecule has 0 saturated carbocycles. The number of nitrogens with zero attached hydrogens (tertiary/aromatic N) is 1. The van der Waals surface area contributed by atoms with Gasteiger partial charge in [0.05, 0.1) is 12.0 Å². The van der Waals surface area contributed by atoms with Crippen molar-refractivity contribution in [2.75, 3.05) is 20.2 Å². The summed E-state index contributed by atoms with van der Waals surface area (Å²) in [5, 5.41) is 0. The van der Waals surface area contributed by atoms with Crippen LogP contribution in [-0.2, 0) is 10.0 Å². The first-order valence-corrected chi connectivity index (χ1v) is 8.64. The highest BCUT2D eigenvalue weighted by atomic mass is 32.2. The Balaban J connectivity index is 2.94. The molecule has 0 aromatic heterocycles. The normalized spacial score (nSPS) is 11.8. The van der Waals surface area contributed by atoms with Gasteiger partial charge in [-0.1, -0.05) is 26.7 Å². The summed E-state index contributed by atoms with van der Waals surface area (Å²) in [6, 6.07) is 6.59. The highest BCUT2D eigenvalue weighted by molar-refractivity contribution is 7.89. The van der Waals surface area contributed by atoms with Crippen molar-refractivity contribution < 1.29 is 13.2 Å². The van der Waals surface area contributed by atoms with Crippen molar-refractivity contribution in [1.82, 2.24) is 4.31 Å². The quantitative estimate of drug-likeness (QED) is 0.703. The van der Waals surface area contributed by atoms with Gasteiger partial charge in [-0.15, -0.1) is 0 Å². The molecule has 20 heavy (non-hydrogen) atoms. The predicted octanol–water partition coefficient (Wildman–Crippen LogP) is 3.29. The van der Waals surface area contributed by atoms with E-state index in [9.17, 15) is 8.42 Å². The molecule has 0 aliphatic rings. The van der Waals surface area contributed by atoms with Crippen molar-refractivity contribution in [2.24, 2.45) is 0 Å². The van der Waals surface area contributed by atoms with Gasteiger partial charge in [0, 0.05) is 13.1 Å². The van der Waals surface area contributed by atoms with Crippen LogP contribution >= 0.6 is 0 Å². The van der Waals surface area contributed by atoms with E-state index in [4.69, 9.17) is 4.74 Å². The molecule has 0 aliphatic heterocycles. The summed E-state index contributed by atoms with van der Waals surface area (Å²) in [4.78, 5) is 0.338. The minimum atomic E-state index is -3.39. The van der Waals surface area contributed by atoms with Gasteiger partial charge in [0.2, 0.25) is 10.0 Å². The molecule has 0 radical (unpaired) electrons. The lowest BCUT2D eigenvalue weighted by molar-refractivity contribution is 0.395. The average molecular weight is 299 g/mol. The zero-order valence-corrected chi connectivity index (χ0v) is 13.4. The molecule has 0 spiro atoms. The van der Waals surface area contributed by atoms with Gasteiger partial charge >= 0.3 is 0 Å². The fourth-order valence-electron chi connectivity index (χ4n) is 1.92. The van der Waals surface area contributed by atoms with Crippen LogP contribution < -0.4 is 4.74 Å². The molecule has 1 rings (SSSR count). The second-order valence-electron chi connectivity index (χ2n) is 4.79. The lowest BCUT2D eigenvalue weighted by atomic mass is 10.3. The molecule has 1 aromatic rings. The molecule has 114 valence electrons. The molecule has 0 bridgehead atoms. The highest BCUT2D eigenvalue weighted by Crippen LogP contribution is 2.20. The van der Waals surface area contributed by atoms with Crippen LogP contribution in [0.5, 0.6) is 5.75 Å². The molecule has 0 heterocycles. The number of ether oxygens (including phenoxy) is 1. The maximum Gasteiger partial charge on any atom is 0.243 e. The smallest absolute Gasteiger partial charge is 0.243 e. The maximum atomic E-state index is 12.6. The third-order valence-electron chi connectivity index (χ3n) is 3.22. The minimum Gasteiger partial charge on any atom is -0.497 e. The van der Waals surface area contributed by atoms with E-state index in [0.717, 1.165) is 25.7 Å². The van der Waals surface area contributed by atoms with Gasteiger partial charge in [-0.05, 0) is 37.1 Å². The van der Waals surface area contributed by atoms with Crippen LogP contribution in [-0.4, -0.2) is 32.9 Å². The molecular formula is C15H25NO3S. The summed E-state index contributed by atoms with van der Waals surface area (Å²) < 4.78 is 31.9. The van der Waals surface area contributed by atoms with Gasteiger partial charge in [0.1, 0.15) is 5.75 Å². The number of hydrogen-bond donors (Lipinski definition) is 0. The van der Waals surface area contributed by atoms with Crippen LogP contribution in [0.15, 0.2) is 29.2 Å². The first kappa shape index (κ1) is 17.0. The van der Waals surface area contributed by atoms with Gasteiger partial charge in [0.15, 0.2) is 0 Å². The molecule has 0 saturated heterocycles. The van der Waals surface area contributed by atoms with Crippen LogP contribution in [0.2, 0.25) is 0 Å². The van der Waals surface area contributed by atoms with Crippen LogP contribution in [0, 0.1) is 0 Å². The first-order chi connectivity index (χ1) is 9.56. The highest BCUT2D eigenvalue weighted by Gasteiger charge is 2.23. The summed E-state index contributed by atoms with van der Waals surface area (Å²) in [5.41, 5.74) is 0. The molecule has 0 amide bonds. The number of methoxy groups -OCH3 is 1. The van der Waals surface area contributed by atoms with Gasteiger partial charge in [0.25, 0.3) is 0 Å². The van der Waals surface area contributed by atoms with Crippen molar-refractivity contribution in [3.05, 3.63) is 24.3 Å². The second kappa shape index (κ2) is 8.27. The van der Waals surface area contributed by atoms with Gasteiger partial charge < -0.3 is 4.74 Å². The molecule has 0 atom stereocenters. The minimum absolute atomic E-state index is 0.338. The predicted molar refractivity (Wildman–Crippen MR) is 81.6 cm³/mol. The SMILES string of the molecule is CCCCN(CCCC)S(=O)(=O)c1ccc(OC)cc1. The van der Waals surface area contributed by atoms with E-state index in [0.29, 0.717) is 23.7 Å². The van der Waals surface area contributed by atoms with Crippen molar-refractivity contribution in [3.63, 3.8) is 0 Å². The second-order valence-corrected chi connectivity index (χ2v) is 6.72. The Morgan fingerprint density at radius 3 is 1.90 bits per heavy atom. The third kappa shape index (κ3) is 4.49. The van der Waals surface area contributed by atoms with Crippen LogP contribution in [0.4, 0.5) is 0 Å². The summed E-state index contributed by atoms with van der Waals surface area (Å²) in [7, 11) is -1.82. The van der Waals surface area contributed by atoms with Crippen LogP contribution in [0.3, 0.4) is 0 Å². The van der Waals surface area contributed by atoms with Gasteiger partial charge in [-0.25, -0.2) is 8.42 Å². The monoisotopic (exact) mass is 299 g/mol. The standard InChI is InChI=1S/C15H25NO3S/c1-4-6-12-16(13-7-5-2)20(17,18)15-10-8-14(19-3)9-11-15/h8-11H,4-7,12-13H2,1-3H3. The summed E-state index contributed by atoms with van der Waals surface area (Å²) >= 11 is 0. The van der Waals surface area contributed by atoms with E-state index in [1.54, 1.807) is 35.7 Å². The third-order valence-corrected chi connectivity index (χ3v) is 5.13. The van der Waals surface area contributed by atoms with Crippen molar-refractivity contribution in [3.8, 4) is 5.75 Å². The molecule has 0 N–H and O–H groups in total. The fraction of sp³-hybridized carbons (Fsp3) is 0.600. The Morgan fingerprint density at radius 1 is 1.00 bits per heavy atom. The Morgan fingerprint density at radius 2 is 1.50 bits per heavy atom. The van der Waals surface area contributed by atoms with E-state index in [2.05, 4.69) is 13.8 Å². The Bertz CT molecular complexity index is 474. The number of rotatable bonds is 9. The molecular weight excluding hydrogens is 274 g/mol.